The van der Waals surface area contributed by atoms with Gasteiger partial charge in [0, 0.05) is 56.2 Å². The van der Waals surface area contributed by atoms with Crippen LogP contribution >= 0.6 is 11.8 Å². The van der Waals surface area contributed by atoms with Crippen molar-refractivity contribution in [2.24, 2.45) is 0 Å². The van der Waals surface area contributed by atoms with Crippen LogP contribution in [0.25, 0.3) is 5.57 Å². The fourth-order valence-corrected chi connectivity index (χ4v) is 4.57. The van der Waals surface area contributed by atoms with Crippen LogP contribution in [0.15, 0.2) is 30.6 Å². The van der Waals surface area contributed by atoms with Crippen LogP contribution in [0.3, 0.4) is 0 Å². The smallest absolute Gasteiger partial charge is 0.274 e. The monoisotopic (exact) mass is 483 g/mol. The van der Waals surface area contributed by atoms with E-state index in [1.165, 1.54) is 6.21 Å². The molecule has 11 heteroatoms. The summed E-state index contributed by atoms with van der Waals surface area (Å²) in [6.45, 7) is 2.54. The molecule has 180 valence electrons. The van der Waals surface area contributed by atoms with E-state index in [2.05, 4.69) is 26.0 Å². The zero-order valence-corrected chi connectivity index (χ0v) is 19.7. The maximum atomic E-state index is 13.1. The van der Waals surface area contributed by atoms with E-state index in [1.54, 1.807) is 47.0 Å². The van der Waals surface area contributed by atoms with Crippen molar-refractivity contribution >= 4 is 41.1 Å². The Morgan fingerprint density at radius 1 is 1.12 bits per heavy atom. The Balaban J connectivity index is 1.64. The highest BCUT2D eigenvalue weighted by molar-refractivity contribution is 7.99. The van der Waals surface area contributed by atoms with Crippen LogP contribution in [0.5, 0.6) is 0 Å². The number of nitrogens with zero attached hydrogens (tertiary/aromatic N) is 3. The van der Waals surface area contributed by atoms with Gasteiger partial charge in [0.05, 0.1) is 17.4 Å². The van der Waals surface area contributed by atoms with Crippen molar-refractivity contribution in [3.05, 3.63) is 47.7 Å². The zero-order chi connectivity index (χ0) is 23.8. The van der Waals surface area contributed by atoms with Gasteiger partial charge in [-0.05, 0) is 37.1 Å². The number of amides is 2. The highest BCUT2D eigenvalue weighted by Crippen LogP contribution is 2.24. The average molecular weight is 484 g/mol. The van der Waals surface area contributed by atoms with Crippen LogP contribution in [0.4, 0.5) is 5.69 Å². The van der Waals surface area contributed by atoms with Gasteiger partial charge in [0.2, 0.25) is 0 Å². The first-order chi connectivity index (χ1) is 16.7. The Labute approximate surface area is 202 Å². The number of carbonyl (C=O) groups excluding carboxylic acids is 2. The number of pyridine rings is 1. The summed E-state index contributed by atoms with van der Waals surface area (Å²) >= 11 is 1.76. The fraction of sp³-hybridized carbons (Fsp3) is 0.435. The second-order valence-electron chi connectivity index (χ2n) is 8.00. The first-order valence-corrected chi connectivity index (χ1v) is 12.6. The molecule has 0 spiro atoms. The lowest BCUT2D eigenvalue weighted by atomic mass is 10.1. The maximum Gasteiger partial charge on any atom is 0.274 e. The molecule has 2 aliphatic heterocycles. The largest absolute Gasteiger partial charge is 0.390 e. The molecule has 0 aliphatic carbocycles. The lowest BCUT2D eigenvalue weighted by Gasteiger charge is -2.22. The summed E-state index contributed by atoms with van der Waals surface area (Å²) in [5.74, 6) is 0.963. The predicted molar refractivity (Wildman–Crippen MR) is 133 cm³/mol. The Hall–Kier alpha value is -3.18. The van der Waals surface area contributed by atoms with Gasteiger partial charge >= 0.3 is 0 Å². The Morgan fingerprint density at radius 2 is 1.94 bits per heavy atom. The first kappa shape index (κ1) is 24.0. The molecular weight excluding hydrogens is 454 g/mol. The number of hydrogen-bond donors (Lipinski definition) is 4. The summed E-state index contributed by atoms with van der Waals surface area (Å²) in [6.07, 6.45) is 7.21. The molecule has 2 amide bonds. The van der Waals surface area contributed by atoms with E-state index in [-0.39, 0.29) is 23.3 Å². The van der Waals surface area contributed by atoms with E-state index < -0.39 is 5.91 Å². The average Bonchev–Trinajstić information content (AvgIpc) is 3.29. The molecule has 4 N–H and O–H groups in total. The molecule has 10 nitrogen and oxygen atoms in total. The van der Waals surface area contributed by atoms with Crippen molar-refractivity contribution < 1.29 is 14.3 Å². The number of ether oxygens (including phenoxy) is 1. The third kappa shape index (κ3) is 6.03. The quantitative estimate of drug-likeness (QED) is 0.482. The molecule has 0 aromatic carbocycles. The van der Waals surface area contributed by atoms with Gasteiger partial charge in [0.1, 0.15) is 5.69 Å². The van der Waals surface area contributed by atoms with Crippen molar-refractivity contribution in [2.45, 2.75) is 25.3 Å². The number of hydrogen-bond acceptors (Lipinski definition) is 8. The fourth-order valence-electron chi connectivity index (χ4n) is 3.77. The number of aromatic nitrogens is 3. The van der Waals surface area contributed by atoms with Gasteiger partial charge in [-0.2, -0.15) is 16.9 Å². The van der Waals surface area contributed by atoms with Crippen molar-refractivity contribution in [3.63, 3.8) is 0 Å². The molecule has 1 fully saturated rings. The molecular formula is C23H29N7O3S. The number of allylic oxidation sites excluding steroid dienone is 1. The van der Waals surface area contributed by atoms with Crippen molar-refractivity contribution in [1.82, 2.24) is 25.4 Å². The molecule has 0 saturated carbocycles. The minimum absolute atomic E-state index is 0.109. The minimum atomic E-state index is -0.448. The SMILES string of the molecule is N=C/C1=C\NCCCSCCNC(=O)c2nn(C3CCOCC3)cc2NC(=O)c2cccc1n2. The van der Waals surface area contributed by atoms with Crippen LogP contribution in [0, 0.1) is 5.41 Å². The topological polar surface area (TPSA) is 134 Å². The third-order valence-corrected chi connectivity index (χ3v) is 6.66. The van der Waals surface area contributed by atoms with E-state index in [4.69, 9.17) is 10.1 Å². The maximum absolute atomic E-state index is 13.1. The van der Waals surface area contributed by atoms with Crippen LogP contribution < -0.4 is 16.0 Å². The van der Waals surface area contributed by atoms with Gasteiger partial charge in [0.15, 0.2) is 5.69 Å². The molecule has 0 atom stereocenters. The third-order valence-electron chi connectivity index (χ3n) is 5.59. The minimum Gasteiger partial charge on any atom is -0.390 e. The van der Waals surface area contributed by atoms with E-state index in [0.29, 0.717) is 36.7 Å². The summed E-state index contributed by atoms with van der Waals surface area (Å²) in [7, 11) is 0. The van der Waals surface area contributed by atoms with Crippen LogP contribution in [-0.4, -0.2) is 70.6 Å². The molecule has 1 saturated heterocycles. The lowest BCUT2D eigenvalue weighted by molar-refractivity contribution is 0.0660. The number of carbonyl (C=O) groups is 2. The second kappa shape index (κ2) is 11.8. The summed E-state index contributed by atoms with van der Waals surface area (Å²) < 4.78 is 7.20. The van der Waals surface area contributed by atoms with Gasteiger partial charge < -0.3 is 26.1 Å². The summed E-state index contributed by atoms with van der Waals surface area (Å²) in [6, 6.07) is 5.19. The molecule has 0 radical (unpaired) electrons. The van der Waals surface area contributed by atoms with Crippen molar-refractivity contribution in [2.75, 3.05) is 43.1 Å². The van der Waals surface area contributed by atoms with Gasteiger partial charge in [0.25, 0.3) is 11.8 Å². The number of rotatable bonds is 2. The highest BCUT2D eigenvalue weighted by Gasteiger charge is 2.24. The van der Waals surface area contributed by atoms with Gasteiger partial charge in [-0.3, -0.25) is 14.3 Å². The Bertz CT molecular complexity index is 1060. The summed E-state index contributed by atoms with van der Waals surface area (Å²) in [5.41, 5.74) is 1.82. The van der Waals surface area contributed by atoms with E-state index in [9.17, 15) is 9.59 Å². The number of anilines is 1. The second-order valence-corrected chi connectivity index (χ2v) is 9.22. The highest BCUT2D eigenvalue weighted by atomic mass is 32.2. The summed E-state index contributed by atoms with van der Waals surface area (Å²) in [4.78, 5) is 30.4. The zero-order valence-electron chi connectivity index (χ0n) is 18.9. The predicted octanol–water partition coefficient (Wildman–Crippen LogP) is 2.33. The standard InChI is InChI=1S/C23H29N7O3S/c24-13-16-14-25-7-2-11-34-12-8-26-23(32)21-20(15-30(29-21)17-5-9-33-10-6-17)28-22(31)19-4-1-3-18(16)27-19/h1,3-4,13-15,17,24-25H,2,5-12H2,(H,26,32)(H,28,31)/b16-14+,24-13?. The van der Waals surface area contributed by atoms with Gasteiger partial charge in [-0.15, -0.1) is 0 Å². The Kier molecular flexibility index (Phi) is 8.31. The number of nitrogens with one attached hydrogen (secondary N) is 4. The lowest BCUT2D eigenvalue weighted by Crippen LogP contribution is -2.28. The van der Waals surface area contributed by atoms with Crippen LogP contribution in [0.2, 0.25) is 0 Å². The number of thioether (sulfide) groups is 1. The van der Waals surface area contributed by atoms with E-state index in [0.717, 1.165) is 37.3 Å². The van der Waals surface area contributed by atoms with E-state index >= 15 is 0 Å². The molecule has 4 heterocycles. The molecule has 4 rings (SSSR count). The number of fused-ring (bicyclic) bond motifs is 3. The normalized spacial score (nSPS) is 20.4. The van der Waals surface area contributed by atoms with Gasteiger partial charge in [-0.1, -0.05) is 6.07 Å². The summed E-state index contributed by atoms with van der Waals surface area (Å²) in [5, 5.41) is 21.2. The van der Waals surface area contributed by atoms with Crippen molar-refractivity contribution in [1.29, 1.82) is 5.41 Å². The molecule has 2 aliphatic rings. The molecule has 2 aromatic heterocycles. The first-order valence-electron chi connectivity index (χ1n) is 11.4. The van der Waals surface area contributed by atoms with Crippen LogP contribution in [0.1, 0.15) is 52.0 Å². The van der Waals surface area contributed by atoms with Crippen molar-refractivity contribution in [3.8, 4) is 0 Å². The molecule has 2 aromatic rings. The molecule has 2 bridgehead atoms. The molecule has 34 heavy (non-hydrogen) atoms. The Morgan fingerprint density at radius 3 is 2.76 bits per heavy atom. The van der Waals surface area contributed by atoms with Gasteiger partial charge in [-0.25, -0.2) is 4.98 Å². The van der Waals surface area contributed by atoms with Crippen LogP contribution in [-0.2, 0) is 4.74 Å². The van der Waals surface area contributed by atoms with E-state index in [1.807, 2.05) is 0 Å². The molecule has 0 unspecified atom stereocenters.